The first kappa shape index (κ1) is 18.8. The number of nitrogens with one attached hydrogen (secondary N) is 2. The topological polar surface area (TPSA) is 114 Å². The van der Waals surface area contributed by atoms with Gasteiger partial charge in [0.25, 0.3) is 5.56 Å². The van der Waals surface area contributed by atoms with Gasteiger partial charge in [-0.1, -0.05) is 36.4 Å². The number of aromatic amines is 1. The Morgan fingerprint density at radius 1 is 1.10 bits per heavy atom. The maximum Gasteiger partial charge on any atom is 0.263 e. The van der Waals surface area contributed by atoms with E-state index in [1.54, 1.807) is 10.7 Å². The molecule has 0 aliphatic rings. The smallest absolute Gasteiger partial charge is 0.263 e. The summed E-state index contributed by atoms with van der Waals surface area (Å²) in [6.07, 6.45) is 1.55. The van der Waals surface area contributed by atoms with Gasteiger partial charge < -0.3 is 16.0 Å². The van der Waals surface area contributed by atoms with Crippen LogP contribution in [0.3, 0.4) is 0 Å². The highest BCUT2D eigenvalue weighted by Crippen LogP contribution is 2.30. The minimum atomic E-state index is -0.241. The number of hydrogen-bond acceptors (Lipinski definition) is 6. The highest BCUT2D eigenvalue weighted by Gasteiger charge is 2.20. The van der Waals surface area contributed by atoms with Gasteiger partial charge in [0.15, 0.2) is 11.5 Å². The van der Waals surface area contributed by atoms with Crippen molar-refractivity contribution in [3.05, 3.63) is 82.5 Å². The van der Waals surface area contributed by atoms with Gasteiger partial charge in [-0.25, -0.2) is 4.98 Å². The van der Waals surface area contributed by atoms with Crippen molar-refractivity contribution in [3.8, 4) is 11.1 Å². The third-order valence-electron chi connectivity index (χ3n) is 5.41. The van der Waals surface area contributed by atoms with Crippen LogP contribution in [0, 0.1) is 6.92 Å². The fourth-order valence-electron chi connectivity index (χ4n) is 3.97. The number of nitrogens with zero attached hydrogens (tertiary/aromatic N) is 4. The number of hydrogen-bond donors (Lipinski definition) is 3. The van der Waals surface area contributed by atoms with E-state index in [-0.39, 0.29) is 17.5 Å². The highest BCUT2D eigenvalue weighted by molar-refractivity contribution is 5.84. The lowest BCUT2D eigenvalue weighted by Gasteiger charge is -2.20. The molecule has 0 amide bonds. The van der Waals surface area contributed by atoms with E-state index in [0.717, 1.165) is 22.3 Å². The SMILES string of the molecule is Cc1cccc2cc([C@H](C)Nc3nc(N)nc4nc[nH]c34)c(-c3ccccc3)c(=O)n12. The van der Waals surface area contributed by atoms with Crippen molar-refractivity contribution in [1.82, 2.24) is 24.3 Å². The van der Waals surface area contributed by atoms with Gasteiger partial charge in [0, 0.05) is 11.2 Å². The molecule has 1 atom stereocenters. The quantitative estimate of drug-likeness (QED) is 0.415. The molecule has 0 saturated heterocycles. The van der Waals surface area contributed by atoms with Gasteiger partial charge in [-0.2, -0.15) is 9.97 Å². The molecular formula is C23H21N7O. The summed E-state index contributed by atoms with van der Waals surface area (Å²) in [5.41, 5.74) is 11.1. The van der Waals surface area contributed by atoms with Crippen LogP contribution in [0.2, 0.25) is 0 Å². The number of fused-ring (bicyclic) bond motifs is 2. The lowest BCUT2D eigenvalue weighted by atomic mass is 9.96. The molecule has 0 aliphatic heterocycles. The average Bonchev–Trinajstić information content (AvgIpc) is 3.22. The van der Waals surface area contributed by atoms with Crippen LogP contribution in [0.15, 0.2) is 65.7 Å². The zero-order valence-corrected chi connectivity index (χ0v) is 17.1. The van der Waals surface area contributed by atoms with Gasteiger partial charge in [-0.15, -0.1) is 0 Å². The molecule has 5 aromatic rings. The molecule has 31 heavy (non-hydrogen) atoms. The number of benzene rings is 1. The second-order valence-electron chi connectivity index (χ2n) is 7.47. The number of imidazole rings is 1. The molecule has 0 fully saturated rings. The lowest BCUT2D eigenvalue weighted by Crippen LogP contribution is -2.22. The van der Waals surface area contributed by atoms with E-state index in [1.807, 2.05) is 68.4 Å². The second kappa shape index (κ2) is 7.24. The van der Waals surface area contributed by atoms with Crippen molar-refractivity contribution in [2.24, 2.45) is 0 Å². The first-order valence-electron chi connectivity index (χ1n) is 9.97. The van der Waals surface area contributed by atoms with Crippen LogP contribution in [0.1, 0.15) is 24.2 Å². The zero-order valence-electron chi connectivity index (χ0n) is 17.1. The summed E-state index contributed by atoms with van der Waals surface area (Å²) in [6, 6.07) is 17.3. The Bertz CT molecular complexity index is 1470. The molecular weight excluding hydrogens is 390 g/mol. The van der Waals surface area contributed by atoms with Gasteiger partial charge in [0.05, 0.1) is 17.9 Å². The second-order valence-corrected chi connectivity index (χ2v) is 7.47. The van der Waals surface area contributed by atoms with Crippen molar-refractivity contribution in [2.75, 3.05) is 11.1 Å². The molecule has 0 saturated carbocycles. The Morgan fingerprint density at radius 2 is 1.90 bits per heavy atom. The van der Waals surface area contributed by atoms with Crippen LogP contribution in [0.5, 0.6) is 0 Å². The summed E-state index contributed by atoms with van der Waals surface area (Å²) in [5.74, 6) is 0.669. The molecule has 0 radical (unpaired) electrons. The van der Waals surface area contributed by atoms with E-state index in [1.165, 1.54) is 0 Å². The lowest BCUT2D eigenvalue weighted by molar-refractivity contribution is 0.868. The number of aromatic nitrogens is 5. The van der Waals surface area contributed by atoms with Crippen molar-refractivity contribution in [3.63, 3.8) is 0 Å². The van der Waals surface area contributed by atoms with Crippen molar-refractivity contribution in [1.29, 1.82) is 0 Å². The van der Waals surface area contributed by atoms with Crippen LogP contribution < -0.4 is 16.6 Å². The molecule has 4 aromatic heterocycles. The van der Waals surface area contributed by atoms with E-state index in [2.05, 4.69) is 25.3 Å². The molecule has 8 heteroatoms. The maximum absolute atomic E-state index is 13.6. The van der Waals surface area contributed by atoms with Gasteiger partial charge in [-0.05, 0) is 43.2 Å². The Balaban J connectivity index is 1.71. The van der Waals surface area contributed by atoms with Crippen molar-refractivity contribution < 1.29 is 0 Å². The van der Waals surface area contributed by atoms with E-state index in [0.29, 0.717) is 22.5 Å². The Hall–Kier alpha value is -4.20. The molecule has 4 N–H and O–H groups in total. The number of rotatable bonds is 4. The van der Waals surface area contributed by atoms with E-state index in [4.69, 9.17) is 5.73 Å². The molecule has 1 aromatic carbocycles. The normalized spacial score (nSPS) is 12.3. The molecule has 0 bridgehead atoms. The van der Waals surface area contributed by atoms with Crippen LogP contribution >= 0.6 is 0 Å². The van der Waals surface area contributed by atoms with Crippen LogP contribution in [0.4, 0.5) is 11.8 Å². The molecule has 5 rings (SSSR count). The van der Waals surface area contributed by atoms with E-state index < -0.39 is 0 Å². The van der Waals surface area contributed by atoms with Gasteiger partial charge >= 0.3 is 0 Å². The first-order valence-corrected chi connectivity index (χ1v) is 9.97. The largest absolute Gasteiger partial charge is 0.368 e. The third kappa shape index (κ3) is 3.18. The standard InChI is InChI=1S/C23H21N7O/c1-13-7-6-10-16-11-17(18(22(31)30(13)16)15-8-4-3-5-9-15)14(2)27-21-19-20(26-12-25-19)28-23(24)29-21/h3-12,14H,1-2H3,(H4,24,25,26,27,28,29)/t14-/m0/s1. The molecule has 0 unspecified atom stereocenters. The number of nitrogens with two attached hydrogens (primary N) is 1. The van der Waals surface area contributed by atoms with Gasteiger partial charge in [0.1, 0.15) is 5.52 Å². The van der Waals surface area contributed by atoms with Crippen LogP contribution in [0.25, 0.3) is 27.8 Å². The number of nitrogen functional groups attached to an aromatic ring is 1. The highest BCUT2D eigenvalue weighted by atomic mass is 16.1. The Kier molecular flexibility index (Phi) is 4.39. The Labute approximate surface area is 177 Å². The van der Waals surface area contributed by atoms with Gasteiger partial charge in [0.2, 0.25) is 5.95 Å². The summed E-state index contributed by atoms with van der Waals surface area (Å²) >= 11 is 0. The van der Waals surface area contributed by atoms with Gasteiger partial charge in [-0.3, -0.25) is 9.20 Å². The summed E-state index contributed by atoms with van der Waals surface area (Å²) in [6.45, 7) is 3.93. The first-order chi connectivity index (χ1) is 15.0. The van der Waals surface area contributed by atoms with Crippen molar-refractivity contribution >= 4 is 28.4 Å². The summed E-state index contributed by atoms with van der Waals surface area (Å²) in [4.78, 5) is 29.3. The minimum Gasteiger partial charge on any atom is -0.368 e. The predicted molar refractivity (Wildman–Crippen MR) is 122 cm³/mol. The van der Waals surface area contributed by atoms with Crippen molar-refractivity contribution in [2.45, 2.75) is 19.9 Å². The molecule has 0 aliphatic carbocycles. The predicted octanol–water partition coefficient (Wildman–Crippen LogP) is 3.70. The van der Waals surface area contributed by atoms with Crippen LogP contribution in [-0.2, 0) is 0 Å². The zero-order chi connectivity index (χ0) is 21.5. The van der Waals surface area contributed by atoms with E-state index >= 15 is 0 Å². The molecule has 8 nitrogen and oxygen atoms in total. The third-order valence-corrected chi connectivity index (χ3v) is 5.41. The summed E-state index contributed by atoms with van der Waals surface area (Å²) in [5, 5.41) is 3.39. The molecule has 0 spiro atoms. The molecule has 154 valence electrons. The number of anilines is 2. The number of H-pyrrole nitrogens is 1. The fourth-order valence-corrected chi connectivity index (χ4v) is 3.97. The average molecular weight is 411 g/mol. The maximum atomic E-state index is 13.6. The van der Waals surface area contributed by atoms with Crippen LogP contribution in [-0.4, -0.2) is 24.3 Å². The fraction of sp³-hybridized carbons (Fsp3) is 0.130. The minimum absolute atomic E-state index is 0.0562. The summed E-state index contributed by atoms with van der Waals surface area (Å²) in [7, 11) is 0. The molecule has 4 heterocycles. The Morgan fingerprint density at radius 3 is 2.71 bits per heavy atom. The number of aryl methyl sites for hydroxylation is 1. The number of pyridine rings is 2. The monoisotopic (exact) mass is 411 g/mol. The summed E-state index contributed by atoms with van der Waals surface area (Å²) < 4.78 is 1.74. The van der Waals surface area contributed by atoms with E-state index in [9.17, 15) is 4.79 Å².